The van der Waals surface area contributed by atoms with Crippen LogP contribution in [0.5, 0.6) is 0 Å². The summed E-state index contributed by atoms with van der Waals surface area (Å²) in [6, 6.07) is 8.44. The highest BCUT2D eigenvalue weighted by Crippen LogP contribution is 2.17. The van der Waals surface area contributed by atoms with E-state index in [9.17, 15) is 9.59 Å². The molecule has 0 spiro atoms. The van der Waals surface area contributed by atoms with Gasteiger partial charge in [-0.05, 0) is 17.9 Å². The number of nitrogens with two attached hydrogens (primary N) is 1. The van der Waals surface area contributed by atoms with Crippen LogP contribution in [0.3, 0.4) is 0 Å². The van der Waals surface area contributed by atoms with Crippen LogP contribution in [0, 0.1) is 5.92 Å². The average molecular weight is 278 g/mol. The van der Waals surface area contributed by atoms with E-state index in [2.05, 4.69) is 5.32 Å². The Hall–Kier alpha value is -1.88. The molecule has 0 bridgehead atoms. The van der Waals surface area contributed by atoms with E-state index in [4.69, 9.17) is 10.5 Å². The molecule has 0 aliphatic carbocycles. The van der Waals surface area contributed by atoms with Gasteiger partial charge in [0, 0.05) is 7.11 Å². The highest BCUT2D eigenvalue weighted by molar-refractivity contribution is 5.89. The number of carbonyl (C=O) groups is 2. The molecule has 0 saturated carbocycles. The van der Waals surface area contributed by atoms with Gasteiger partial charge in [0.05, 0.1) is 0 Å². The summed E-state index contributed by atoms with van der Waals surface area (Å²) in [6.45, 7) is 3.93. The van der Waals surface area contributed by atoms with Gasteiger partial charge in [-0.25, -0.2) is 0 Å². The lowest BCUT2D eigenvalue weighted by Crippen LogP contribution is -2.47. The molecule has 110 valence electrons. The Morgan fingerprint density at radius 1 is 1.25 bits per heavy atom. The fourth-order valence-corrected chi connectivity index (χ4v) is 1.99. The highest BCUT2D eigenvalue weighted by Gasteiger charge is 2.25. The Bertz CT molecular complexity index is 446. The minimum absolute atomic E-state index is 0.255. The summed E-state index contributed by atoms with van der Waals surface area (Å²) in [6.07, 6.45) is -0.239. The van der Waals surface area contributed by atoms with Crippen LogP contribution in [0.25, 0.3) is 0 Å². The molecule has 0 radical (unpaired) electrons. The van der Waals surface area contributed by atoms with Gasteiger partial charge in [0.1, 0.15) is 6.04 Å². The molecular weight excluding hydrogens is 256 g/mol. The first-order chi connectivity index (χ1) is 9.45. The maximum Gasteiger partial charge on any atom is 0.254 e. The lowest BCUT2D eigenvalue weighted by Gasteiger charge is -2.21. The lowest BCUT2D eigenvalue weighted by atomic mass is 10.0. The van der Waals surface area contributed by atoms with Gasteiger partial charge in [-0.3, -0.25) is 9.59 Å². The molecule has 1 rings (SSSR count). The molecule has 0 aliphatic heterocycles. The van der Waals surface area contributed by atoms with Crippen LogP contribution in [0.4, 0.5) is 0 Å². The largest absolute Gasteiger partial charge is 0.368 e. The van der Waals surface area contributed by atoms with E-state index >= 15 is 0 Å². The van der Waals surface area contributed by atoms with Gasteiger partial charge in [-0.15, -0.1) is 0 Å². The minimum Gasteiger partial charge on any atom is -0.368 e. The zero-order valence-corrected chi connectivity index (χ0v) is 12.1. The Morgan fingerprint density at radius 3 is 2.30 bits per heavy atom. The molecule has 5 nitrogen and oxygen atoms in total. The second kappa shape index (κ2) is 7.65. The Labute approximate surface area is 119 Å². The highest BCUT2D eigenvalue weighted by atomic mass is 16.5. The third-order valence-corrected chi connectivity index (χ3v) is 2.94. The van der Waals surface area contributed by atoms with Crippen molar-refractivity contribution in [2.75, 3.05) is 7.11 Å². The first-order valence-corrected chi connectivity index (χ1v) is 6.63. The van der Waals surface area contributed by atoms with Gasteiger partial charge in [0.15, 0.2) is 6.10 Å². The predicted molar refractivity (Wildman–Crippen MR) is 76.8 cm³/mol. The van der Waals surface area contributed by atoms with E-state index in [1.165, 1.54) is 7.11 Å². The summed E-state index contributed by atoms with van der Waals surface area (Å²) in [7, 11) is 1.46. The summed E-state index contributed by atoms with van der Waals surface area (Å²) in [4.78, 5) is 23.6. The molecule has 0 unspecified atom stereocenters. The number of amides is 2. The SMILES string of the molecule is CO[C@@H](C(=O)N[C@@H](CC(C)C)C(N)=O)c1ccccc1. The third-order valence-electron chi connectivity index (χ3n) is 2.94. The summed E-state index contributed by atoms with van der Waals surface area (Å²) < 4.78 is 5.22. The van der Waals surface area contributed by atoms with Crippen molar-refractivity contribution in [3.05, 3.63) is 35.9 Å². The van der Waals surface area contributed by atoms with E-state index in [0.717, 1.165) is 5.56 Å². The number of nitrogens with one attached hydrogen (secondary N) is 1. The van der Waals surface area contributed by atoms with Crippen LogP contribution < -0.4 is 11.1 Å². The summed E-state index contributed by atoms with van der Waals surface area (Å²) >= 11 is 0. The quantitative estimate of drug-likeness (QED) is 0.790. The molecule has 0 aliphatic rings. The van der Waals surface area contributed by atoms with Crippen LogP contribution in [0.15, 0.2) is 30.3 Å². The van der Waals surface area contributed by atoms with Crippen LogP contribution >= 0.6 is 0 Å². The lowest BCUT2D eigenvalue weighted by molar-refractivity contribution is -0.135. The first kappa shape index (κ1) is 16.2. The molecule has 0 heterocycles. The molecule has 2 amide bonds. The van der Waals surface area contributed by atoms with Crippen molar-refractivity contribution in [2.45, 2.75) is 32.4 Å². The van der Waals surface area contributed by atoms with Crippen molar-refractivity contribution >= 4 is 11.8 Å². The number of benzene rings is 1. The topological polar surface area (TPSA) is 81.4 Å². The van der Waals surface area contributed by atoms with Crippen LogP contribution in [-0.2, 0) is 14.3 Å². The maximum absolute atomic E-state index is 12.2. The van der Waals surface area contributed by atoms with Gasteiger partial charge in [-0.2, -0.15) is 0 Å². The molecule has 1 aromatic carbocycles. The van der Waals surface area contributed by atoms with Crippen LogP contribution in [0.1, 0.15) is 31.9 Å². The zero-order valence-electron chi connectivity index (χ0n) is 12.1. The number of methoxy groups -OCH3 is 1. The van der Waals surface area contributed by atoms with E-state index < -0.39 is 18.1 Å². The summed E-state index contributed by atoms with van der Waals surface area (Å²) in [5.74, 6) is -0.636. The molecule has 2 atom stereocenters. The van der Waals surface area contributed by atoms with Crippen molar-refractivity contribution in [1.29, 1.82) is 0 Å². The Morgan fingerprint density at radius 2 is 1.85 bits per heavy atom. The predicted octanol–water partition coefficient (Wildman–Crippen LogP) is 1.39. The van der Waals surface area contributed by atoms with Gasteiger partial charge >= 0.3 is 0 Å². The van der Waals surface area contributed by atoms with Gasteiger partial charge in [0.25, 0.3) is 5.91 Å². The van der Waals surface area contributed by atoms with Crippen molar-refractivity contribution in [3.8, 4) is 0 Å². The van der Waals surface area contributed by atoms with Gasteiger partial charge in [0.2, 0.25) is 5.91 Å². The smallest absolute Gasteiger partial charge is 0.254 e. The van der Waals surface area contributed by atoms with E-state index in [0.29, 0.717) is 6.42 Å². The number of carbonyl (C=O) groups excluding carboxylic acids is 2. The minimum atomic E-state index is -0.745. The number of ether oxygens (including phenoxy) is 1. The van der Waals surface area contributed by atoms with Crippen LogP contribution in [-0.4, -0.2) is 25.0 Å². The number of hydrogen-bond donors (Lipinski definition) is 2. The third kappa shape index (κ3) is 4.66. The van der Waals surface area contributed by atoms with E-state index in [-0.39, 0.29) is 11.8 Å². The molecule has 1 aromatic rings. The second-order valence-electron chi connectivity index (χ2n) is 5.12. The Kier molecular flexibility index (Phi) is 6.18. The normalized spacial score (nSPS) is 13.8. The monoisotopic (exact) mass is 278 g/mol. The standard InChI is InChI=1S/C15H22N2O3/c1-10(2)9-12(14(16)18)17-15(19)13(20-3)11-7-5-4-6-8-11/h4-8,10,12-13H,9H2,1-3H3,(H2,16,18)(H,17,19)/t12-,13+/m0/s1. The number of hydrogen-bond acceptors (Lipinski definition) is 3. The zero-order chi connectivity index (χ0) is 15.1. The average Bonchev–Trinajstić information content (AvgIpc) is 2.39. The van der Waals surface area contributed by atoms with Gasteiger partial charge < -0.3 is 15.8 Å². The molecule has 5 heteroatoms. The molecule has 20 heavy (non-hydrogen) atoms. The summed E-state index contributed by atoms with van der Waals surface area (Å²) in [5.41, 5.74) is 6.06. The number of rotatable bonds is 7. The molecule has 0 aromatic heterocycles. The molecule has 3 N–H and O–H groups in total. The van der Waals surface area contributed by atoms with Gasteiger partial charge in [-0.1, -0.05) is 44.2 Å². The molecular formula is C15H22N2O3. The maximum atomic E-state index is 12.2. The van der Waals surface area contributed by atoms with Crippen LogP contribution in [0.2, 0.25) is 0 Å². The van der Waals surface area contributed by atoms with E-state index in [1.807, 2.05) is 32.0 Å². The van der Waals surface area contributed by atoms with Crippen molar-refractivity contribution in [3.63, 3.8) is 0 Å². The first-order valence-electron chi connectivity index (χ1n) is 6.63. The Balaban J connectivity index is 2.78. The number of primary amides is 1. The van der Waals surface area contributed by atoms with Crippen molar-refractivity contribution in [2.24, 2.45) is 11.7 Å². The fourth-order valence-electron chi connectivity index (χ4n) is 1.99. The fraction of sp³-hybridized carbons (Fsp3) is 0.467. The van der Waals surface area contributed by atoms with Crippen molar-refractivity contribution < 1.29 is 14.3 Å². The molecule has 0 saturated heterocycles. The van der Waals surface area contributed by atoms with E-state index in [1.54, 1.807) is 12.1 Å². The second-order valence-corrected chi connectivity index (χ2v) is 5.12. The summed E-state index contributed by atoms with van der Waals surface area (Å²) in [5, 5.41) is 2.66. The van der Waals surface area contributed by atoms with Crippen molar-refractivity contribution in [1.82, 2.24) is 5.32 Å². The molecule has 0 fully saturated rings.